The molecule has 0 aromatic heterocycles. The van der Waals surface area contributed by atoms with Gasteiger partial charge in [0.2, 0.25) is 0 Å². The topological polar surface area (TPSA) is 59.6 Å². The summed E-state index contributed by atoms with van der Waals surface area (Å²) in [5.41, 5.74) is 1.98. The Hall–Kier alpha value is -1.59. The number of hydrogen-bond donors (Lipinski definition) is 2. The van der Waals surface area contributed by atoms with Crippen molar-refractivity contribution in [1.29, 1.82) is 0 Å². The molecular weight excluding hydrogens is 268 g/mol. The van der Waals surface area contributed by atoms with Crippen LogP contribution in [0.15, 0.2) is 24.3 Å². The number of aryl methyl sites for hydroxylation is 1. The maximum absolute atomic E-state index is 12.0. The lowest BCUT2D eigenvalue weighted by atomic mass is 9.90. The molecule has 2 aliphatic rings. The van der Waals surface area contributed by atoms with E-state index in [0.717, 1.165) is 24.9 Å². The van der Waals surface area contributed by atoms with Gasteiger partial charge >= 0.3 is 6.03 Å². The highest BCUT2D eigenvalue weighted by Gasteiger charge is 2.34. The standard InChI is InChI=1S/C16H22N2O3/c1-11-2-4-12(5-3-11)17-16(19)18-13-6-7-14-15(10-13)21-9-8-20-14/h2-5,13-15H,6-10H2,1H3,(H2,17,18,19). The molecule has 1 aromatic carbocycles. The molecular formula is C16H22N2O3. The molecule has 0 bridgehead atoms. The molecule has 5 heteroatoms. The van der Waals surface area contributed by atoms with Gasteiger partial charge in [-0.1, -0.05) is 17.7 Å². The van der Waals surface area contributed by atoms with E-state index < -0.39 is 0 Å². The zero-order valence-corrected chi connectivity index (χ0v) is 12.3. The molecule has 1 saturated heterocycles. The summed E-state index contributed by atoms with van der Waals surface area (Å²) in [5.74, 6) is 0. The second-order valence-electron chi connectivity index (χ2n) is 5.79. The summed E-state index contributed by atoms with van der Waals surface area (Å²) in [6.45, 7) is 3.37. The molecule has 3 rings (SSSR count). The van der Waals surface area contributed by atoms with Crippen molar-refractivity contribution in [3.8, 4) is 0 Å². The van der Waals surface area contributed by atoms with Crippen molar-refractivity contribution in [2.24, 2.45) is 0 Å². The monoisotopic (exact) mass is 290 g/mol. The average molecular weight is 290 g/mol. The van der Waals surface area contributed by atoms with Gasteiger partial charge in [-0.3, -0.25) is 0 Å². The van der Waals surface area contributed by atoms with Crippen LogP contribution in [0.4, 0.5) is 10.5 Å². The van der Waals surface area contributed by atoms with E-state index in [4.69, 9.17) is 9.47 Å². The van der Waals surface area contributed by atoms with Crippen LogP contribution < -0.4 is 10.6 Å². The van der Waals surface area contributed by atoms with Crippen LogP contribution in [-0.2, 0) is 9.47 Å². The van der Waals surface area contributed by atoms with Crippen LogP contribution >= 0.6 is 0 Å². The molecule has 3 unspecified atom stereocenters. The van der Waals surface area contributed by atoms with Crippen molar-refractivity contribution >= 4 is 11.7 Å². The van der Waals surface area contributed by atoms with Gasteiger partial charge in [-0.25, -0.2) is 4.79 Å². The predicted octanol–water partition coefficient (Wildman–Crippen LogP) is 2.45. The molecule has 1 saturated carbocycles. The highest BCUT2D eigenvalue weighted by Crippen LogP contribution is 2.26. The van der Waals surface area contributed by atoms with Crippen molar-refractivity contribution in [1.82, 2.24) is 5.32 Å². The maximum atomic E-state index is 12.0. The van der Waals surface area contributed by atoms with Crippen LogP contribution in [0, 0.1) is 6.92 Å². The van der Waals surface area contributed by atoms with Gasteiger partial charge in [-0.15, -0.1) is 0 Å². The predicted molar refractivity (Wildman–Crippen MR) is 80.5 cm³/mol. The van der Waals surface area contributed by atoms with E-state index in [1.807, 2.05) is 31.2 Å². The Labute approximate surface area is 125 Å². The maximum Gasteiger partial charge on any atom is 0.319 e. The summed E-state index contributed by atoms with van der Waals surface area (Å²) in [4.78, 5) is 12.0. The van der Waals surface area contributed by atoms with Gasteiger partial charge in [-0.05, 0) is 38.3 Å². The fourth-order valence-corrected chi connectivity index (χ4v) is 2.99. The molecule has 114 valence electrons. The minimum absolute atomic E-state index is 0.122. The molecule has 5 nitrogen and oxygen atoms in total. The molecule has 1 heterocycles. The number of carbonyl (C=O) groups excluding carboxylic acids is 1. The summed E-state index contributed by atoms with van der Waals surface area (Å²) in [5, 5.41) is 5.90. The molecule has 1 aliphatic carbocycles. The zero-order valence-electron chi connectivity index (χ0n) is 12.3. The van der Waals surface area contributed by atoms with E-state index in [0.29, 0.717) is 13.2 Å². The number of amides is 2. The summed E-state index contributed by atoms with van der Waals surface area (Å²) < 4.78 is 11.4. The fourth-order valence-electron chi connectivity index (χ4n) is 2.99. The van der Waals surface area contributed by atoms with Gasteiger partial charge < -0.3 is 20.1 Å². The van der Waals surface area contributed by atoms with Crippen molar-refractivity contribution < 1.29 is 14.3 Å². The summed E-state index contributed by atoms with van der Waals surface area (Å²) in [6, 6.07) is 7.77. The normalized spacial score (nSPS) is 28.5. The van der Waals surface area contributed by atoms with Crippen molar-refractivity contribution in [2.75, 3.05) is 18.5 Å². The van der Waals surface area contributed by atoms with Gasteiger partial charge in [0.15, 0.2) is 0 Å². The van der Waals surface area contributed by atoms with Crippen molar-refractivity contribution in [3.05, 3.63) is 29.8 Å². The third-order valence-corrected chi connectivity index (χ3v) is 4.12. The highest BCUT2D eigenvalue weighted by atomic mass is 16.6. The molecule has 0 radical (unpaired) electrons. The first-order chi connectivity index (χ1) is 10.2. The second kappa shape index (κ2) is 6.45. The fraction of sp³-hybridized carbons (Fsp3) is 0.562. The Balaban J connectivity index is 1.49. The second-order valence-corrected chi connectivity index (χ2v) is 5.79. The van der Waals surface area contributed by atoms with Gasteiger partial charge in [0.05, 0.1) is 25.4 Å². The van der Waals surface area contributed by atoms with Crippen LogP contribution in [0.5, 0.6) is 0 Å². The lowest BCUT2D eigenvalue weighted by Gasteiger charge is -2.39. The number of anilines is 1. The van der Waals surface area contributed by atoms with Crippen LogP contribution in [0.1, 0.15) is 24.8 Å². The first-order valence-electron chi connectivity index (χ1n) is 7.58. The van der Waals surface area contributed by atoms with Crippen molar-refractivity contribution in [3.63, 3.8) is 0 Å². The Bertz CT molecular complexity index is 489. The largest absolute Gasteiger partial charge is 0.373 e. The lowest BCUT2D eigenvalue weighted by Crippen LogP contribution is -2.50. The lowest BCUT2D eigenvalue weighted by molar-refractivity contribution is -0.157. The summed E-state index contributed by atoms with van der Waals surface area (Å²) in [6.07, 6.45) is 3.03. The molecule has 2 amide bonds. The Morgan fingerprint density at radius 3 is 2.57 bits per heavy atom. The minimum atomic E-state index is -0.154. The first-order valence-corrected chi connectivity index (χ1v) is 7.58. The van der Waals surface area contributed by atoms with E-state index in [1.54, 1.807) is 0 Å². The minimum Gasteiger partial charge on any atom is -0.373 e. The van der Waals surface area contributed by atoms with E-state index in [1.165, 1.54) is 5.56 Å². The quantitative estimate of drug-likeness (QED) is 0.879. The first kappa shape index (κ1) is 14.4. The molecule has 0 spiro atoms. The third-order valence-electron chi connectivity index (χ3n) is 4.12. The third kappa shape index (κ3) is 3.74. The van der Waals surface area contributed by atoms with Gasteiger partial charge in [-0.2, -0.15) is 0 Å². The van der Waals surface area contributed by atoms with Crippen molar-refractivity contribution in [2.45, 2.75) is 44.4 Å². The van der Waals surface area contributed by atoms with Crippen LogP contribution in [0.2, 0.25) is 0 Å². The highest BCUT2D eigenvalue weighted by molar-refractivity contribution is 5.89. The molecule has 3 atom stereocenters. The molecule has 2 N–H and O–H groups in total. The smallest absolute Gasteiger partial charge is 0.319 e. The average Bonchev–Trinajstić information content (AvgIpc) is 2.49. The zero-order chi connectivity index (χ0) is 14.7. The Kier molecular flexibility index (Phi) is 4.41. The molecule has 1 aliphatic heterocycles. The van der Waals surface area contributed by atoms with E-state index in [9.17, 15) is 4.79 Å². The number of urea groups is 1. The number of fused-ring (bicyclic) bond motifs is 1. The number of rotatable bonds is 2. The summed E-state index contributed by atoms with van der Waals surface area (Å²) >= 11 is 0. The van der Waals surface area contributed by atoms with Crippen LogP contribution in [-0.4, -0.2) is 37.5 Å². The van der Waals surface area contributed by atoms with Gasteiger partial charge in [0.1, 0.15) is 0 Å². The van der Waals surface area contributed by atoms with Gasteiger partial charge in [0.25, 0.3) is 0 Å². The number of benzene rings is 1. The van der Waals surface area contributed by atoms with E-state index in [2.05, 4.69) is 10.6 Å². The van der Waals surface area contributed by atoms with Crippen LogP contribution in [0.3, 0.4) is 0 Å². The molecule has 1 aromatic rings. The van der Waals surface area contributed by atoms with E-state index in [-0.39, 0.29) is 24.3 Å². The van der Waals surface area contributed by atoms with E-state index >= 15 is 0 Å². The van der Waals surface area contributed by atoms with Crippen LogP contribution in [0.25, 0.3) is 0 Å². The number of hydrogen-bond acceptors (Lipinski definition) is 3. The number of carbonyl (C=O) groups is 1. The number of ether oxygens (including phenoxy) is 2. The van der Waals surface area contributed by atoms with Gasteiger partial charge in [0, 0.05) is 11.7 Å². The molecule has 2 fully saturated rings. The Morgan fingerprint density at radius 1 is 1.10 bits per heavy atom. The SMILES string of the molecule is Cc1ccc(NC(=O)NC2CCC3OCCOC3C2)cc1. The Morgan fingerprint density at radius 2 is 1.81 bits per heavy atom. The summed E-state index contributed by atoms with van der Waals surface area (Å²) in [7, 11) is 0. The number of nitrogens with one attached hydrogen (secondary N) is 2. The molecule has 21 heavy (non-hydrogen) atoms.